The highest BCUT2D eigenvalue weighted by molar-refractivity contribution is 6.08. The Morgan fingerprint density at radius 3 is 2.57 bits per heavy atom. The molecule has 2 aromatic carbocycles. The quantitative estimate of drug-likeness (QED) is 0.241. The summed E-state index contributed by atoms with van der Waals surface area (Å²) in [6.07, 6.45) is 6.40. The fourth-order valence-corrected chi connectivity index (χ4v) is 4.89. The third kappa shape index (κ3) is 5.08. The van der Waals surface area contributed by atoms with Crippen molar-refractivity contribution in [2.24, 2.45) is 4.99 Å². The number of Topliss-reactive ketones (excluding diaryl/α,β-unsaturated/α-hetero) is 1. The molecule has 1 unspecified atom stereocenters. The summed E-state index contributed by atoms with van der Waals surface area (Å²) < 4.78 is 0. The van der Waals surface area contributed by atoms with Crippen LogP contribution in [0.25, 0.3) is 22.0 Å². The van der Waals surface area contributed by atoms with Crippen LogP contribution in [0.4, 0.5) is 22.9 Å². The monoisotopic (exact) mass is 492 g/mol. The van der Waals surface area contributed by atoms with Crippen molar-refractivity contribution in [2.45, 2.75) is 33.2 Å². The number of aliphatic imine (C=N–C) groups is 1. The zero-order valence-corrected chi connectivity index (χ0v) is 21.7. The average molecular weight is 493 g/mol. The van der Waals surface area contributed by atoms with E-state index in [-0.39, 0.29) is 5.78 Å². The second-order valence-electron chi connectivity index (χ2n) is 9.47. The van der Waals surface area contributed by atoms with Crippen LogP contribution in [0, 0.1) is 6.92 Å². The van der Waals surface area contributed by atoms with E-state index in [1.807, 2.05) is 44.4 Å². The number of ketones is 1. The van der Waals surface area contributed by atoms with Gasteiger partial charge in [0.05, 0.1) is 34.3 Å². The molecule has 0 saturated carbocycles. The van der Waals surface area contributed by atoms with Crippen LogP contribution >= 0.6 is 0 Å². The van der Waals surface area contributed by atoms with Gasteiger partial charge in [-0.2, -0.15) is 0 Å². The number of hydrogen-bond donors (Lipinski definition) is 2. The van der Waals surface area contributed by atoms with E-state index >= 15 is 0 Å². The molecule has 1 saturated heterocycles. The predicted octanol–water partition coefficient (Wildman–Crippen LogP) is 6.07. The highest BCUT2D eigenvalue weighted by atomic mass is 16.1. The number of carbonyl (C=O) groups excluding carboxylic acids is 1. The molecule has 0 bridgehead atoms. The molecule has 37 heavy (non-hydrogen) atoms. The van der Waals surface area contributed by atoms with Crippen molar-refractivity contribution in [1.82, 2.24) is 15.3 Å². The maximum atomic E-state index is 12.6. The molecule has 3 heterocycles. The highest BCUT2D eigenvalue weighted by Gasteiger charge is 2.22. The van der Waals surface area contributed by atoms with Crippen LogP contribution < -0.4 is 15.5 Å². The lowest BCUT2D eigenvalue weighted by molar-refractivity contribution is 0.101. The van der Waals surface area contributed by atoms with E-state index in [0.29, 0.717) is 11.6 Å². The zero-order valence-electron chi connectivity index (χ0n) is 21.7. The van der Waals surface area contributed by atoms with Crippen molar-refractivity contribution >= 4 is 45.8 Å². The molecule has 1 aliphatic heterocycles. The van der Waals surface area contributed by atoms with Gasteiger partial charge in [0.1, 0.15) is 5.82 Å². The van der Waals surface area contributed by atoms with Gasteiger partial charge in [0.2, 0.25) is 0 Å². The number of nitrogens with zero attached hydrogens (tertiary/aromatic N) is 4. The summed E-state index contributed by atoms with van der Waals surface area (Å²) in [6, 6.07) is 17.0. The van der Waals surface area contributed by atoms with Gasteiger partial charge >= 0.3 is 0 Å². The van der Waals surface area contributed by atoms with Crippen molar-refractivity contribution in [3.8, 4) is 11.1 Å². The molecule has 7 heteroatoms. The molecular weight excluding hydrogens is 460 g/mol. The Hall–Kier alpha value is -4.10. The summed E-state index contributed by atoms with van der Waals surface area (Å²) in [5, 5.41) is 7.71. The van der Waals surface area contributed by atoms with Crippen LogP contribution in [0.15, 0.2) is 65.9 Å². The zero-order chi connectivity index (χ0) is 25.9. The summed E-state index contributed by atoms with van der Waals surface area (Å²) >= 11 is 0. The summed E-state index contributed by atoms with van der Waals surface area (Å²) in [4.78, 5) is 28.6. The van der Waals surface area contributed by atoms with Gasteiger partial charge in [-0.15, -0.1) is 0 Å². The Kier molecular flexibility index (Phi) is 6.97. The second kappa shape index (κ2) is 10.5. The number of aryl methyl sites for hydroxylation is 1. The SMILES string of the molecule is CC=Nc1ccc(-c2ccc3ncc(C(C)=O)c(Nc4ccc(N5CCC(NC)C5)nc4)c3c2)cc1C. The van der Waals surface area contributed by atoms with Gasteiger partial charge in [0, 0.05) is 36.9 Å². The van der Waals surface area contributed by atoms with Crippen molar-refractivity contribution in [2.75, 3.05) is 30.4 Å². The number of carbonyl (C=O) groups is 1. The summed E-state index contributed by atoms with van der Waals surface area (Å²) in [5.41, 5.74) is 7.14. The average Bonchev–Trinajstić information content (AvgIpc) is 3.39. The minimum Gasteiger partial charge on any atom is -0.355 e. The van der Waals surface area contributed by atoms with E-state index in [9.17, 15) is 4.79 Å². The Morgan fingerprint density at radius 2 is 1.89 bits per heavy atom. The Labute approximate surface area is 217 Å². The maximum absolute atomic E-state index is 12.6. The lowest BCUT2D eigenvalue weighted by Gasteiger charge is -2.18. The van der Waals surface area contributed by atoms with E-state index in [4.69, 9.17) is 4.98 Å². The number of rotatable bonds is 7. The second-order valence-corrected chi connectivity index (χ2v) is 9.47. The van der Waals surface area contributed by atoms with Gasteiger partial charge in [0.25, 0.3) is 0 Å². The number of likely N-dealkylation sites (N-methyl/N-ethyl adjacent to an activating group) is 1. The Morgan fingerprint density at radius 1 is 1.08 bits per heavy atom. The molecule has 0 radical (unpaired) electrons. The maximum Gasteiger partial charge on any atom is 0.163 e. The largest absolute Gasteiger partial charge is 0.355 e. The van der Waals surface area contributed by atoms with Crippen molar-refractivity contribution in [3.05, 3.63) is 72.1 Å². The number of benzene rings is 2. The first-order valence-electron chi connectivity index (χ1n) is 12.7. The number of fused-ring (bicyclic) bond motifs is 1. The Balaban J connectivity index is 1.51. The molecule has 7 nitrogen and oxygen atoms in total. The van der Waals surface area contributed by atoms with Gasteiger partial charge in [0.15, 0.2) is 5.78 Å². The van der Waals surface area contributed by atoms with Crippen LogP contribution in [0.5, 0.6) is 0 Å². The summed E-state index contributed by atoms with van der Waals surface area (Å²) in [6.45, 7) is 7.49. The van der Waals surface area contributed by atoms with Gasteiger partial charge in [-0.1, -0.05) is 12.1 Å². The van der Waals surface area contributed by atoms with Crippen LogP contribution in [0.3, 0.4) is 0 Å². The molecule has 1 aliphatic rings. The van der Waals surface area contributed by atoms with Gasteiger partial charge in [-0.05, 0) is 87.3 Å². The lowest BCUT2D eigenvalue weighted by Crippen LogP contribution is -2.29. The van der Waals surface area contributed by atoms with Crippen LogP contribution in [0.2, 0.25) is 0 Å². The van der Waals surface area contributed by atoms with Gasteiger partial charge < -0.3 is 15.5 Å². The third-order valence-corrected chi connectivity index (χ3v) is 6.98. The Bertz CT molecular complexity index is 1480. The van der Waals surface area contributed by atoms with Gasteiger partial charge in [-0.25, -0.2) is 4.98 Å². The summed E-state index contributed by atoms with van der Waals surface area (Å²) in [7, 11) is 2.00. The molecule has 0 amide bonds. The molecule has 2 aromatic heterocycles. The van der Waals surface area contributed by atoms with E-state index < -0.39 is 0 Å². The minimum atomic E-state index is -0.0420. The van der Waals surface area contributed by atoms with Crippen molar-refractivity contribution in [1.29, 1.82) is 0 Å². The molecule has 0 aliphatic carbocycles. The van der Waals surface area contributed by atoms with Crippen LogP contribution in [-0.2, 0) is 0 Å². The third-order valence-electron chi connectivity index (χ3n) is 6.98. The minimum absolute atomic E-state index is 0.0420. The van der Waals surface area contributed by atoms with Crippen molar-refractivity contribution in [3.63, 3.8) is 0 Å². The number of nitrogens with one attached hydrogen (secondary N) is 2. The standard InChI is InChI=1S/C30H32N6O/c1-5-32-27-9-6-21(14-19(27)2)22-7-10-28-25(15-22)30(26(17-33-28)20(3)37)35-23-8-11-29(34-16-23)36-13-12-24(18-36)31-4/h5-11,14-17,24,31H,12-13,18H2,1-4H3,(H,33,35). The van der Waals surface area contributed by atoms with Gasteiger partial charge in [-0.3, -0.25) is 14.8 Å². The normalized spacial score (nSPS) is 15.6. The highest BCUT2D eigenvalue weighted by Crippen LogP contribution is 2.34. The summed E-state index contributed by atoms with van der Waals surface area (Å²) in [5.74, 6) is 0.919. The first kappa shape index (κ1) is 24.6. The topological polar surface area (TPSA) is 82.5 Å². The predicted molar refractivity (Wildman–Crippen MR) is 153 cm³/mol. The molecule has 0 spiro atoms. The molecule has 5 rings (SSSR count). The number of aromatic nitrogens is 2. The van der Waals surface area contributed by atoms with Crippen LogP contribution in [0.1, 0.15) is 36.2 Å². The number of pyridine rings is 2. The first-order valence-corrected chi connectivity index (χ1v) is 12.7. The molecule has 4 aromatic rings. The smallest absolute Gasteiger partial charge is 0.163 e. The van der Waals surface area contributed by atoms with E-state index in [1.54, 1.807) is 19.3 Å². The fourth-order valence-electron chi connectivity index (χ4n) is 4.89. The molecule has 2 N–H and O–H groups in total. The lowest BCUT2D eigenvalue weighted by atomic mass is 9.98. The number of hydrogen-bond acceptors (Lipinski definition) is 7. The van der Waals surface area contributed by atoms with E-state index in [0.717, 1.165) is 70.0 Å². The molecular formula is C30H32N6O. The fraction of sp³-hybridized carbons (Fsp3) is 0.267. The first-order chi connectivity index (χ1) is 18.0. The van der Waals surface area contributed by atoms with E-state index in [2.05, 4.69) is 56.7 Å². The molecule has 188 valence electrons. The molecule has 1 atom stereocenters. The molecule has 1 fully saturated rings. The number of anilines is 3. The van der Waals surface area contributed by atoms with E-state index in [1.165, 1.54) is 0 Å². The van der Waals surface area contributed by atoms with Crippen molar-refractivity contribution < 1.29 is 4.79 Å². The van der Waals surface area contributed by atoms with Crippen LogP contribution in [-0.4, -0.2) is 48.1 Å².